The van der Waals surface area contributed by atoms with Gasteiger partial charge in [-0.2, -0.15) is 0 Å². The van der Waals surface area contributed by atoms with E-state index in [1.807, 2.05) is 6.07 Å². The highest BCUT2D eigenvalue weighted by Crippen LogP contribution is 2.12. The second-order valence-corrected chi connectivity index (χ2v) is 6.01. The first kappa shape index (κ1) is 19.1. The lowest BCUT2D eigenvalue weighted by Crippen LogP contribution is -2.38. The van der Waals surface area contributed by atoms with Crippen molar-refractivity contribution in [2.45, 2.75) is 12.6 Å². The summed E-state index contributed by atoms with van der Waals surface area (Å²) in [5.74, 6) is -0.165. The zero-order valence-electron chi connectivity index (χ0n) is 13.5. The maximum atomic E-state index is 11.8. The third-order valence-electron chi connectivity index (χ3n) is 3.38. The van der Waals surface area contributed by atoms with Gasteiger partial charge in [-0.1, -0.05) is 30.3 Å². The number of hydrogen-bond acceptors (Lipinski definition) is 5. The lowest BCUT2D eigenvalue weighted by Gasteiger charge is -2.15. The average Bonchev–Trinajstić information content (AvgIpc) is 2.59. The molecule has 2 rings (SSSR count). The Labute approximate surface area is 148 Å². The molecule has 0 aliphatic heterocycles. The van der Waals surface area contributed by atoms with E-state index in [0.29, 0.717) is 30.8 Å². The van der Waals surface area contributed by atoms with Gasteiger partial charge in [0, 0.05) is 42.0 Å². The van der Waals surface area contributed by atoms with Crippen LogP contribution in [0.15, 0.2) is 54.6 Å². The highest BCUT2D eigenvalue weighted by atomic mass is 32.2. The van der Waals surface area contributed by atoms with Gasteiger partial charge < -0.3 is 19.7 Å². The lowest BCUT2D eigenvalue weighted by molar-refractivity contribution is 0.0946. The summed E-state index contributed by atoms with van der Waals surface area (Å²) in [5, 5.41) is 15.6. The van der Waals surface area contributed by atoms with Crippen LogP contribution in [0.2, 0.25) is 0 Å². The van der Waals surface area contributed by atoms with Gasteiger partial charge in [0.25, 0.3) is 5.91 Å². The van der Waals surface area contributed by atoms with Crippen molar-refractivity contribution in [3.63, 3.8) is 0 Å². The third kappa shape index (κ3) is 7.02. The van der Waals surface area contributed by atoms with Crippen LogP contribution in [-0.4, -0.2) is 39.1 Å². The van der Waals surface area contributed by atoms with Gasteiger partial charge >= 0.3 is 0 Å². The summed E-state index contributed by atoms with van der Waals surface area (Å²) in [5.41, 5.74) is 1.81. The van der Waals surface area contributed by atoms with Gasteiger partial charge in [-0.05, 0) is 29.8 Å². The number of rotatable bonds is 9. The summed E-state index contributed by atoms with van der Waals surface area (Å²) >= 11 is -2.38. The molecular formula is C17H20N3O4S-. The highest BCUT2D eigenvalue weighted by Gasteiger charge is 2.07. The molecule has 0 spiro atoms. The van der Waals surface area contributed by atoms with Crippen LogP contribution in [0.4, 0.5) is 5.69 Å². The Morgan fingerprint density at radius 1 is 1.12 bits per heavy atom. The van der Waals surface area contributed by atoms with Gasteiger partial charge in [0.2, 0.25) is 0 Å². The Balaban J connectivity index is 1.71. The van der Waals surface area contributed by atoms with Gasteiger partial charge in [0.1, 0.15) is 6.23 Å². The molecule has 0 fully saturated rings. The van der Waals surface area contributed by atoms with Crippen LogP contribution >= 0.6 is 0 Å². The molecule has 2 atom stereocenters. The molecule has 0 heterocycles. The molecule has 0 aliphatic rings. The number of anilines is 1. The van der Waals surface area contributed by atoms with Gasteiger partial charge in [-0.25, -0.2) is 0 Å². The molecule has 2 aromatic carbocycles. The molecule has 8 heteroatoms. The minimum Gasteiger partial charge on any atom is -0.755 e. The van der Waals surface area contributed by atoms with Crippen LogP contribution in [0, 0.1) is 0 Å². The largest absolute Gasteiger partial charge is 0.755 e. The van der Waals surface area contributed by atoms with Crippen molar-refractivity contribution in [2.75, 3.05) is 17.8 Å². The first-order valence-corrected chi connectivity index (χ1v) is 8.81. The Hall–Kier alpha value is -2.26. The topological polar surface area (TPSA) is 114 Å². The zero-order chi connectivity index (χ0) is 18.1. The first-order chi connectivity index (χ1) is 12.0. The van der Waals surface area contributed by atoms with E-state index in [4.69, 9.17) is 0 Å². The molecular weight excluding hydrogens is 342 g/mol. The SMILES string of the molecule is O=C(NCCNC(O)Cc1cccc(NS(=O)[O-])c1)c1ccccc1. The van der Waals surface area contributed by atoms with Crippen LogP contribution in [0.3, 0.4) is 0 Å². The molecule has 0 bridgehead atoms. The minimum atomic E-state index is -2.38. The summed E-state index contributed by atoms with van der Waals surface area (Å²) in [6, 6.07) is 15.7. The van der Waals surface area contributed by atoms with Gasteiger partial charge in [-0.15, -0.1) is 0 Å². The van der Waals surface area contributed by atoms with Gasteiger partial charge in [0.15, 0.2) is 0 Å². The standard InChI is InChI=1S/C17H21N3O4S/c21-16(12-13-5-4-8-15(11-13)20-25(23)24)18-9-10-19-17(22)14-6-2-1-3-7-14/h1-8,11,16,18,20-21H,9-10,12H2,(H,19,22)(H,23,24)/p-1. The predicted molar refractivity (Wildman–Crippen MR) is 95.5 cm³/mol. The maximum Gasteiger partial charge on any atom is 0.251 e. The van der Waals surface area contributed by atoms with Crippen molar-refractivity contribution < 1.29 is 18.7 Å². The number of nitrogens with one attached hydrogen (secondary N) is 3. The monoisotopic (exact) mass is 362 g/mol. The summed E-state index contributed by atoms with van der Waals surface area (Å²) in [7, 11) is 0. The Kier molecular flexibility index (Phi) is 7.55. The molecule has 0 saturated carbocycles. The van der Waals surface area contributed by atoms with Crippen molar-refractivity contribution in [1.29, 1.82) is 0 Å². The molecule has 0 aliphatic carbocycles. The molecule has 0 radical (unpaired) electrons. The fourth-order valence-electron chi connectivity index (χ4n) is 2.26. The van der Waals surface area contributed by atoms with Crippen molar-refractivity contribution in [2.24, 2.45) is 0 Å². The first-order valence-electron chi connectivity index (χ1n) is 7.74. The summed E-state index contributed by atoms with van der Waals surface area (Å²) in [6.07, 6.45) is -0.491. The molecule has 25 heavy (non-hydrogen) atoms. The average molecular weight is 362 g/mol. The number of aliphatic hydroxyl groups is 1. The van der Waals surface area contributed by atoms with Crippen LogP contribution in [-0.2, 0) is 17.7 Å². The molecule has 0 saturated heterocycles. The maximum absolute atomic E-state index is 11.8. The smallest absolute Gasteiger partial charge is 0.251 e. The van der Waals surface area contributed by atoms with Gasteiger partial charge in [-0.3, -0.25) is 14.3 Å². The molecule has 4 N–H and O–H groups in total. The van der Waals surface area contributed by atoms with Crippen LogP contribution in [0.25, 0.3) is 0 Å². The minimum absolute atomic E-state index is 0.165. The van der Waals surface area contributed by atoms with Gasteiger partial charge in [0.05, 0.1) is 0 Å². The van der Waals surface area contributed by atoms with E-state index in [2.05, 4.69) is 15.4 Å². The number of hydrogen-bond donors (Lipinski definition) is 4. The fraction of sp³-hybridized carbons (Fsp3) is 0.235. The Morgan fingerprint density at radius 2 is 1.88 bits per heavy atom. The molecule has 7 nitrogen and oxygen atoms in total. The van der Waals surface area contributed by atoms with E-state index in [9.17, 15) is 18.7 Å². The predicted octanol–water partition coefficient (Wildman–Crippen LogP) is 0.773. The molecule has 2 unspecified atom stereocenters. The van der Waals surface area contributed by atoms with Crippen LogP contribution in [0.1, 0.15) is 15.9 Å². The second kappa shape index (κ2) is 9.90. The highest BCUT2D eigenvalue weighted by molar-refractivity contribution is 7.80. The molecule has 2 aromatic rings. The van der Waals surface area contributed by atoms with E-state index < -0.39 is 17.5 Å². The molecule has 134 valence electrons. The van der Waals surface area contributed by atoms with Crippen molar-refractivity contribution in [3.05, 3.63) is 65.7 Å². The Bertz CT molecular complexity index is 712. The summed E-state index contributed by atoms with van der Waals surface area (Å²) in [4.78, 5) is 11.8. The number of carbonyl (C=O) groups excluding carboxylic acids is 1. The van der Waals surface area contributed by atoms with Crippen molar-refractivity contribution in [3.8, 4) is 0 Å². The number of carbonyl (C=O) groups is 1. The van der Waals surface area contributed by atoms with Crippen LogP contribution < -0.4 is 15.4 Å². The molecule has 0 aromatic heterocycles. The van der Waals surface area contributed by atoms with Crippen molar-refractivity contribution in [1.82, 2.24) is 10.6 Å². The van der Waals surface area contributed by atoms with E-state index in [1.165, 1.54) is 0 Å². The van der Waals surface area contributed by atoms with Crippen molar-refractivity contribution >= 4 is 22.9 Å². The van der Waals surface area contributed by atoms with E-state index in [1.54, 1.807) is 48.5 Å². The summed E-state index contributed by atoms with van der Waals surface area (Å²) < 4.78 is 23.5. The normalized spacial score (nSPS) is 13.0. The zero-order valence-corrected chi connectivity index (χ0v) is 14.3. The Morgan fingerprint density at radius 3 is 2.60 bits per heavy atom. The fourth-order valence-corrected chi connectivity index (χ4v) is 2.58. The second-order valence-electron chi connectivity index (χ2n) is 5.33. The van der Waals surface area contributed by atoms with E-state index in [0.717, 1.165) is 5.56 Å². The number of benzene rings is 2. The quantitative estimate of drug-likeness (QED) is 0.299. The third-order valence-corrected chi connectivity index (χ3v) is 3.79. The molecule has 1 amide bonds. The van der Waals surface area contributed by atoms with E-state index in [-0.39, 0.29) is 5.91 Å². The van der Waals surface area contributed by atoms with E-state index >= 15 is 0 Å². The number of aliphatic hydroxyl groups excluding tert-OH is 1. The summed E-state index contributed by atoms with van der Waals surface area (Å²) in [6.45, 7) is 0.782. The number of amides is 1. The lowest BCUT2D eigenvalue weighted by atomic mass is 10.1. The van der Waals surface area contributed by atoms with Crippen LogP contribution in [0.5, 0.6) is 0 Å².